The number of ether oxygens (including phenoxy) is 1. The van der Waals surface area contributed by atoms with Crippen molar-refractivity contribution >= 4 is 28.7 Å². The lowest BCUT2D eigenvalue weighted by molar-refractivity contribution is -0.0253. The van der Waals surface area contributed by atoms with E-state index < -0.39 is 24.4 Å². The molecular weight excluding hydrogens is 444 g/mol. The van der Waals surface area contributed by atoms with Gasteiger partial charge in [0.25, 0.3) is 0 Å². The summed E-state index contributed by atoms with van der Waals surface area (Å²) in [4.78, 5) is 9.36. The Bertz CT molecular complexity index is 1140. The molecule has 33 heavy (non-hydrogen) atoms. The number of methoxy groups -OCH3 is 1. The SMILES string of the molecule is CCCSc1nc(NC2CC2c2cccc(OC)c2)c2nnn([C@H]3C[C@@H](O)[C@H](O)[C@@H]3O)c2n1. The van der Waals surface area contributed by atoms with Crippen molar-refractivity contribution in [2.24, 2.45) is 0 Å². The fourth-order valence-electron chi connectivity index (χ4n) is 4.39. The van der Waals surface area contributed by atoms with Crippen LogP contribution in [0.3, 0.4) is 0 Å². The average molecular weight is 473 g/mol. The van der Waals surface area contributed by atoms with Gasteiger partial charge >= 0.3 is 0 Å². The molecular formula is C22H28N6O4S. The summed E-state index contributed by atoms with van der Waals surface area (Å²) >= 11 is 1.55. The van der Waals surface area contributed by atoms with Crippen LogP contribution in [0, 0.1) is 0 Å². The molecule has 10 nitrogen and oxygen atoms in total. The summed E-state index contributed by atoms with van der Waals surface area (Å²) in [7, 11) is 1.66. The Balaban J connectivity index is 1.45. The van der Waals surface area contributed by atoms with E-state index in [1.165, 1.54) is 10.2 Å². The number of anilines is 1. The van der Waals surface area contributed by atoms with Gasteiger partial charge in [0.1, 0.15) is 18.0 Å². The number of rotatable bonds is 8. The maximum absolute atomic E-state index is 10.4. The van der Waals surface area contributed by atoms with E-state index in [1.54, 1.807) is 18.9 Å². The van der Waals surface area contributed by atoms with Gasteiger partial charge < -0.3 is 25.4 Å². The number of hydrogen-bond acceptors (Lipinski definition) is 10. The average Bonchev–Trinajstić information content (AvgIpc) is 3.40. The Labute approximate surface area is 195 Å². The predicted octanol–water partition coefficient (Wildman–Crippen LogP) is 1.73. The number of aliphatic hydroxyl groups excluding tert-OH is 3. The van der Waals surface area contributed by atoms with Gasteiger partial charge in [0, 0.05) is 24.1 Å². The predicted molar refractivity (Wildman–Crippen MR) is 124 cm³/mol. The van der Waals surface area contributed by atoms with Crippen LogP contribution in [0.25, 0.3) is 11.2 Å². The molecule has 2 aliphatic rings. The summed E-state index contributed by atoms with van der Waals surface area (Å²) in [6, 6.07) is 7.67. The molecule has 0 saturated heterocycles. The zero-order valence-electron chi connectivity index (χ0n) is 18.5. The first kappa shape index (κ1) is 22.3. The van der Waals surface area contributed by atoms with Crippen molar-refractivity contribution in [3.63, 3.8) is 0 Å². The maximum Gasteiger partial charge on any atom is 0.191 e. The first-order chi connectivity index (χ1) is 16.0. The maximum atomic E-state index is 10.4. The van der Waals surface area contributed by atoms with Crippen molar-refractivity contribution in [2.75, 3.05) is 18.2 Å². The Hall–Kier alpha value is -2.47. The van der Waals surface area contributed by atoms with E-state index in [4.69, 9.17) is 9.72 Å². The summed E-state index contributed by atoms with van der Waals surface area (Å²) in [5.74, 6) is 2.65. The van der Waals surface area contributed by atoms with Crippen LogP contribution >= 0.6 is 11.8 Å². The molecule has 5 rings (SSSR count). The van der Waals surface area contributed by atoms with Crippen molar-refractivity contribution in [1.82, 2.24) is 25.0 Å². The van der Waals surface area contributed by atoms with Crippen molar-refractivity contribution < 1.29 is 20.1 Å². The summed E-state index contributed by atoms with van der Waals surface area (Å²) < 4.78 is 6.86. The number of nitrogens with zero attached hydrogens (tertiary/aromatic N) is 5. The molecule has 176 valence electrons. The van der Waals surface area contributed by atoms with E-state index in [2.05, 4.69) is 39.7 Å². The van der Waals surface area contributed by atoms with Crippen LogP contribution in [0.15, 0.2) is 29.4 Å². The second-order valence-corrected chi connectivity index (χ2v) is 9.69. The lowest BCUT2D eigenvalue weighted by Gasteiger charge is -2.16. The topological polar surface area (TPSA) is 138 Å². The van der Waals surface area contributed by atoms with Crippen molar-refractivity contribution in [1.29, 1.82) is 0 Å². The number of hydrogen-bond donors (Lipinski definition) is 4. The van der Waals surface area contributed by atoms with E-state index in [0.29, 0.717) is 28.1 Å². The van der Waals surface area contributed by atoms with Gasteiger partial charge in [0.2, 0.25) is 0 Å². The molecule has 0 amide bonds. The Kier molecular flexibility index (Phi) is 6.12. The summed E-state index contributed by atoms with van der Waals surface area (Å²) in [6.45, 7) is 2.09. The molecule has 6 atom stereocenters. The molecule has 2 aromatic heterocycles. The Morgan fingerprint density at radius 3 is 2.76 bits per heavy atom. The molecule has 2 saturated carbocycles. The van der Waals surface area contributed by atoms with Gasteiger partial charge in [-0.2, -0.15) is 0 Å². The van der Waals surface area contributed by atoms with Crippen LogP contribution in [-0.2, 0) is 0 Å². The van der Waals surface area contributed by atoms with E-state index in [1.807, 2.05) is 12.1 Å². The molecule has 0 aliphatic heterocycles. The second-order valence-electron chi connectivity index (χ2n) is 8.63. The van der Waals surface area contributed by atoms with Crippen LogP contribution < -0.4 is 10.1 Å². The van der Waals surface area contributed by atoms with E-state index in [9.17, 15) is 15.3 Å². The highest BCUT2D eigenvalue weighted by Gasteiger charge is 2.44. The Morgan fingerprint density at radius 2 is 2.03 bits per heavy atom. The molecule has 3 aromatic rings. The third-order valence-electron chi connectivity index (χ3n) is 6.31. The summed E-state index contributed by atoms with van der Waals surface area (Å²) in [5, 5.41) is 43.1. The van der Waals surface area contributed by atoms with Gasteiger partial charge in [0.05, 0.1) is 19.3 Å². The lowest BCUT2D eigenvalue weighted by Crippen LogP contribution is -2.31. The number of nitrogens with one attached hydrogen (secondary N) is 1. The third kappa shape index (κ3) is 4.25. The van der Waals surface area contributed by atoms with Gasteiger partial charge in [0.15, 0.2) is 22.1 Å². The number of aliphatic hydroxyl groups is 3. The first-order valence-corrected chi connectivity index (χ1v) is 12.2. The standard InChI is InChI=1S/C22H28N6O4S/c1-3-7-33-22-24-20(23-14-9-13(14)11-5-4-6-12(8-11)32-2)17-21(25-22)28(27-26-17)15-10-16(29)19(31)18(15)30/h4-6,8,13-16,18-19,29-31H,3,7,9-10H2,1-2H3,(H,23,24,25)/t13?,14?,15-,16+,18+,19-/m0/s1. The van der Waals surface area contributed by atoms with Crippen LogP contribution in [0.4, 0.5) is 5.82 Å². The minimum atomic E-state index is -1.22. The van der Waals surface area contributed by atoms with Gasteiger partial charge in [-0.05, 0) is 30.5 Å². The lowest BCUT2D eigenvalue weighted by atomic mass is 10.1. The molecule has 2 aliphatic carbocycles. The Morgan fingerprint density at radius 1 is 1.18 bits per heavy atom. The molecule has 4 N–H and O–H groups in total. The molecule has 2 fully saturated rings. The zero-order chi connectivity index (χ0) is 23.1. The second kappa shape index (κ2) is 9.05. The molecule has 1 aromatic carbocycles. The van der Waals surface area contributed by atoms with Gasteiger partial charge in [-0.15, -0.1) is 5.10 Å². The van der Waals surface area contributed by atoms with E-state index in [0.717, 1.165) is 24.3 Å². The van der Waals surface area contributed by atoms with Gasteiger partial charge in [-0.3, -0.25) is 0 Å². The number of thioether (sulfide) groups is 1. The number of benzene rings is 1. The number of aromatic nitrogens is 5. The molecule has 2 heterocycles. The highest BCUT2D eigenvalue weighted by atomic mass is 32.2. The van der Waals surface area contributed by atoms with Gasteiger partial charge in [-0.1, -0.05) is 36.0 Å². The van der Waals surface area contributed by atoms with Crippen LogP contribution in [0.1, 0.15) is 43.7 Å². The quantitative estimate of drug-likeness (QED) is 0.283. The smallest absolute Gasteiger partial charge is 0.191 e. The summed E-state index contributed by atoms with van der Waals surface area (Å²) in [5.41, 5.74) is 2.20. The highest BCUT2D eigenvalue weighted by Crippen LogP contribution is 2.44. The normalized spacial score (nSPS) is 28.9. The van der Waals surface area contributed by atoms with Gasteiger partial charge in [-0.25, -0.2) is 14.6 Å². The molecule has 0 bridgehead atoms. The molecule has 11 heteroatoms. The molecule has 0 radical (unpaired) electrons. The monoisotopic (exact) mass is 472 g/mol. The largest absolute Gasteiger partial charge is 0.497 e. The number of fused-ring (bicyclic) bond motifs is 1. The van der Waals surface area contributed by atoms with E-state index in [-0.39, 0.29) is 12.5 Å². The molecule has 0 spiro atoms. The zero-order valence-corrected chi connectivity index (χ0v) is 19.3. The minimum absolute atomic E-state index is 0.172. The fraction of sp³-hybridized carbons (Fsp3) is 0.545. The first-order valence-electron chi connectivity index (χ1n) is 11.2. The van der Waals surface area contributed by atoms with Crippen molar-refractivity contribution in [2.45, 2.75) is 67.7 Å². The molecule has 2 unspecified atom stereocenters. The minimum Gasteiger partial charge on any atom is -0.497 e. The highest BCUT2D eigenvalue weighted by molar-refractivity contribution is 7.99. The van der Waals surface area contributed by atoms with Crippen LogP contribution in [0.2, 0.25) is 0 Å². The van der Waals surface area contributed by atoms with Crippen LogP contribution in [0.5, 0.6) is 5.75 Å². The van der Waals surface area contributed by atoms with Crippen molar-refractivity contribution in [3.05, 3.63) is 29.8 Å². The fourth-order valence-corrected chi connectivity index (χ4v) is 5.08. The van der Waals surface area contributed by atoms with Crippen molar-refractivity contribution in [3.8, 4) is 5.75 Å². The van der Waals surface area contributed by atoms with E-state index >= 15 is 0 Å². The summed E-state index contributed by atoms with van der Waals surface area (Å²) in [6.07, 6.45) is -1.28. The third-order valence-corrected chi connectivity index (χ3v) is 7.36. The van der Waals surface area contributed by atoms with Crippen LogP contribution in [-0.4, -0.2) is 77.5 Å².